The van der Waals surface area contributed by atoms with Crippen molar-refractivity contribution in [1.29, 1.82) is 0 Å². The van der Waals surface area contributed by atoms with Crippen molar-refractivity contribution >= 4 is 27.9 Å². The Bertz CT molecular complexity index is 1050. The standard InChI is InChI=1S/C16H11FN4O2/c1-23-16(22)8-2-4-11-10(6-8)14(21-20-11)15-18-12-5-3-9(17)7-13(12)19-15/h2-7H,1H3,(H,18,19)(H,20,21). The van der Waals surface area contributed by atoms with E-state index in [9.17, 15) is 9.18 Å². The number of carbonyl (C=O) groups is 1. The van der Waals surface area contributed by atoms with E-state index in [0.717, 1.165) is 10.9 Å². The van der Waals surface area contributed by atoms with E-state index in [1.165, 1.54) is 19.2 Å². The molecule has 2 N–H and O–H groups in total. The summed E-state index contributed by atoms with van der Waals surface area (Å²) in [5.41, 5.74) is 2.97. The van der Waals surface area contributed by atoms with Gasteiger partial charge in [-0.25, -0.2) is 14.2 Å². The number of fused-ring (bicyclic) bond motifs is 2. The molecular formula is C16H11FN4O2. The molecule has 2 aromatic heterocycles. The maximum Gasteiger partial charge on any atom is 0.337 e. The van der Waals surface area contributed by atoms with Gasteiger partial charge >= 0.3 is 5.97 Å². The second kappa shape index (κ2) is 4.91. The first-order valence-corrected chi connectivity index (χ1v) is 6.88. The lowest BCUT2D eigenvalue weighted by Gasteiger charge is -1.99. The molecule has 0 spiro atoms. The summed E-state index contributed by atoms with van der Waals surface area (Å²) in [7, 11) is 1.33. The Morgan fingerprint density at radius 3 is 2.87 bits per heavy atom. The number of nitrogens with one attached hydrogen (secondary N) is 2. The number of carbonyl (C=O) groups excluding carboxylic acids is 1. The van der Waals surface area contributed by atoms with Gasteiger partial charge in [-0.1, -0.05) is 0 Å². The van der Waals surface area contributed by atoms with E-state index >= 15 is 0 Å². The molecule has 0 unspecified atom stereocenters. The molecule has 0 saturated carbocycles. The fourth-order valence-electron chi connectivity index (χ4n) is 2.53. The van der Waals surface area contributed by atoms with Gasteiger partial charge in [0, 0.05) is 5.39 Å². The van der Waals surface area contributed by atoms with Crippen LogP contribution in [0.1, 0.15) is 10.4 Å². The third kappa shape index (κ3) is 2.13. The summed E-state index contributed by atoms with van der Waals surface area (Å²) in [5.74, 6) is -0.267. The van der Waals surface area contributed by atoms with Crippen molar-refractivity contribution in [3.05, 3.63) is 47.8 Å². The van der Waals surface area contributed by atoms with Gasteiger partial charge in [-0.2, -0.15) is 5.10 Å². The molecule has 2 aromatic carbocycles. The number of H-pyrrole nitrogens is 2. The Labute approximate surface area is 129 Å². The lowest BCUT2D eigenvalue weighted by atomic mass is 10.1. The maximum atomic E-state index is 13.3. The first-order chi connectivity index (χ1) is 11.2. The van der Waals surface area contributed by atoms with Gasteiger partial charge in [-0.05, 0) is 36.4 Å². The van der Waals surface area contributed by atoms with Gasteiger partial charge in [-0.15, -0.1) is 0 Å². The van der Waals surface area contributed by atoms with E-state index < -0.39 is 5.97 Å². The van der Waals surface area contributed by atoms with Crippen LogP contribution in [0.25, 0.3) is 33.5 Å². The van der Waals surface area contributed by atoms with Crippen LogP contribution in [-0.4, -0.2) is 33.2 Å². The van der Waals surface area contributed by atoms with Crippen LogP contribution in [0.2, 0.25) is 0 Å². The van der Waals surface area contributed by atoms with Gasteiger partial charge < -0.3 is 9.72 Å². The van der Waals surface area contributed by atoms with Crippen LogP contribution in [0, 0.1) is 5.82 Å². The number of benzene rings is 2. The van der Waals surface area contributed by atoms with E-state index in [1.807, 2.05) is 0 Å². The normalized spacial score (nSPS) is 11.2. The molecule has 0 atom stereocenters. The number of methoxy groups -OCH3 is 1. The Hall–Kier alpha value is -3.22. The zero-order chi connectivity index (χ0) is 16.0. The highest BCUT2D eigenvalue weighted by Gasteiger charge is 2.15. The van der Waals surface area contributed by atoms with Crippen molar-refractivity contribution in [1.82, 2.24) is 20.2 Å². The molecule has 0 radical (unpaired) electrons. The minimum absolute atomic E-state index is 0.340. The van der Waals surface area contributed by atoms with Gasteiger partial charge in [0.05, 0.1) is 29.2 Å². The predicted octanol–water partition coefficient (Wildman–Crippen LogP) is 3.03. The molecule has 0 amide bonds. The Morgan fingerprint density at radius 2 is 2.04 bits per heavy atom. The molecule has 0 fully saturated rings. The van der Waals surface area contributed by atoms with Crippen molar-refractivity contribution in [3.8, 4) is 11.5 Å². The Balaban J connectivity index is 1.91. The Morgan fingerprint density at radius 1 is 1.17 bits per heavy atom. The van der Waals surface area contributed by atoms with Crippen molar-refractivity contribution in [2.45, 2.75) is 0 Å². The quantitative estimate of drug-likeness (QED) is 0.557. The van der Waals surface area contributed by atoms with E-state index in [0.29, 0.717) is 28.1 Å². The van der Waals surface area contributed by atoms with Crippen LogP contribution in [0.3, 0.4) is 0 Å². The highest BCUT2D eigenvalue weighted by Crippen LogP contribution is 2.27. The fraction of sp³-hybridized carbons (Fsp3) is 0.0625. The van der Waals surface area contributed by atoms with Crippen LogP contribution in [-0.2, 0) is 4.74 Å². The van der Waals surface area contributed by atoms with Crippen LogP contribution < -0.4 is 0 Å². The largest absolute Gasteiger partial charge is 0.465 e. The highest BCUT2D eigenvalue weighted by molar-refractivity contribution is 5.99. The first kappa shape index (κ1) is 13.4. The number of imidazole rings is 1. The number of hydrogen-bond donors (Lipinski definition) is 2. The topological polar surface area (TPSA) is 83.7 Å². The van der Waals surface area contributed by atoms with Crippen molar-refractivity contribution in [3.63, 3.8) is 0 Å². The summed E-state index contributed by atoms with van der Waals surface area (Å²) in [6, 6.07) is 9.42. The molecule has 0 saturated heterocycles. The second-order valence-corrected chi connectivity index (χ2v) is 5.07. The van der Waals surface area contributed by atoms with E-state index in [4.69, 9.17) is 4.74 Å². The zero-order valence-corrected chi connectivity index (χ0v) is 12.1. The van der Waals surface area contributed by atoms with Gasteiger partial charge in [0.25, 0.3) is 0 Å². The highest BCUT2D eigenvalue weighted by atomic mass is 19.1. The summed E-state index contributed by atoms with van der Waals surface area (Å²) < 4.78 is 18.0. The number of aromatic amines is 2. The van der Waals surface area contributed by atoms with E-state index in [-0.39, 0.29) is 5.82 Å². The SMILES string of the molecule is COC(=O)c1ccc2[nH]nc(-c3nc4ccc(F)cc4[nH]3)c2c1. The minimum Gasteiger partial charge on any atom is -0.465 e. The van der Waals surface area contributed by atoms with Crippen molar-refractivity contribution in [2.24, 2.45) is 0 Å². The van der Waals surface area contributed by atoms with Gasteiger partial charge in [0.15, 0.2) is 5.82 Å². The summed E-state index contributed by atoms with van der Waals surface area (Å²) in [4.78, 5) is 19.2. The molecular weight excluding hydrogens is 299 g/mol. The monoisotopic (exact) mass is 310 g/mol. The third-order valence-electron chi connectivity index (χ3n) is 3.65. The molecule has 6 nitrogen and oxygen atoms in total. The average molecular weight is 310 g/mol. The van der Waals surface area contributed by atoms with Gasteiger partial charge in [-0.3, -0.25) is 5.10 Å². The van der Waals surface area contributed by atoms with Crippen LogP contribution in [0.5, 0.6) is 0 Å². The molecule has 4 rings (SSSR count). The first-order valence-electron chi connectivity index (χ1n) is 6.88. The van der Waals surface area contributed by atoms with Gasteiger partial charge in [0.1, 0.15) is 11.5 Å². The van der Waals surface area contributed by atoms with E-state index in [1.54, 1.807) is 24.3 Å². The van der Waals surface area contributed by atoms with Crippen LogP contribution >= 0.6 is 0 Å². The number of ether oxygens (including phenoxy) is 1. The predicted molar refractivity (Wildman–Crippen MR) is 82.5 cm³/mol. The number of esters is 1. The van der Waals surface area contributed by atoms with E-state index in [2.05, 4.69) is 20.2 Å². The van der Waals surface area contributed by atoms with Crippen LogP contribution in [0.15, 0.2) is 36.4 Å². The third-order valence-corrected chi connectivity index (χ3v) is 3.65. The molecule has 114 valence electrons. The molecule has 7 heteroatoms. The molecule has 0 bridgehead atoms. The summed E-state index contributed by atoms with van der Waals surface area (Å²) in [6.45, 7) is 0. The summed E-state index contributed by atoms with van der Waals surface area (Å²) >= 11 is 0. The number of aromatic nitrogens is 4. The minimum atomic E-state index is -0.425. The molecule has 0 aliphatic heterocycles. The smallest absolute Gasteiger partial charge is 0.337 e. The Kier molecular flexibility index (Phi) is 2.87. The lowest BCUT2D eigenvalue weighted by molar-refractivity contribution is 0.0601. The van der Waals surface area contributed by atoms with Crippen molar-refractivity contribution < 1.29 is 13.9 Å². The summed E-state index contributed by atoms with van der Waals surface area (Å²) in [5, 5.41) is 7.86. The molecule has 4 aromatic rings. The number of halogens is 1. The maximum absolute atomic E-state index is 13.3. The molecule has 0 aliphatic carbocycles. The summed E-state index contributed by atoms with van der Waals surface area (Å²) in [6.07, 6.45) is 0. The lowest BCUT2D eigenvalue weighted by Crippen LogP contribution is -2.00. The number of nitrogens with zero attached hydrogens (tertiary/aromatic N) is 2. The molecule has 0 aliphatic rings. The van der Waals surface area contributed by atoms with Crippen molar-refractivity contribution in [2.75, 3.05) is 7.11 Å². The second-order valence-electron chi connectivity index (χ2n) is 5.07. The fourth-order valence-corrected chi connectivity index (χ4v) is 2.53. The number of rotatable bonds is 2. The number of hydrogen-bond acceptors (Lipinski definition) is 4. The average Bonchev–Trinajstić information content (AvgIpc) is 3.16. The zero-order valence-electron chi connectivity index (χ0n) is 12.1. The molecule has 23 heavy (non-hydrogen) atoms. The van der Waals surface area contributed by atoms with Crippen LogP contribution in [0.4, 0.5) is 4.39 Å². The van der Waals surface area contributed by atoms with Gasteiger partial charge in [0.2, 0.25) is 0 Å². The molecule has 2 heterocycles.